The fourth-order valence-corrected chi connectivity index (χ4v) is 2.16. The average molecular weight is 157 g/mol. The zero-order valence-electron chi connectivity index (χ0n) is 6.30. The van der Waals surface area contributed by atoms with Crippen molar-refractivity contribution in [3.8, 4) is 0 Å². The van der Waals surface area contributed by atoms with E-state index in [1.807, 2.05) is 11.8 Å². The van der Waals surface area contributed by atoms with Crippen LogP contribution in [-0.4, -0.2) is 17.8 Å². The van der Waals surface area contributed by atoms with Crippen LogP contribution in [0.2, 0.25) is 0 Å². The van der Waals surface area contributed by atoms with Crippen LogP contribution in [0.3, 0.4) is 0 Å². The maximum absolute atomic E-state index is 10.2. The minimum atomic E-state index is 0.253. The fourth-order valence-electron chi connectivity index (χ4n) is 1.42. The number of hydrogen-bond acceptors (Lipinski definition) is 2. The predicted molar refractivity (Wildman–Crippen MR) is 45.0 cm³/mol. The van der Waals surface area contributed by atoms with Crippen LogP contribution in [0, 0.1) is 5.92 Å². The Balaban J connectivity index is 2.23. The summed E-state index contributed by atoms with van der Waals surface area (Å²) in [4.78, 5) is 10.2. The van der Waals surface area contributed by atoms with Gasteiger partial charge in [0.1, 0.15) is 0 Å². The van der Waals surface area contributed by atoms with E-state index in [2.05, 4.69) is 12.5 Å². The number of hydrogen-bond donors (Lipinski definition) is 0. The first-order valence-corrected chi connectivity index (χ1v) is 5.06. The normalized spacial score (nSPS) is 33.7. The molecule has 0 amide bonds. The van der Waals surface area contributed by atoms with Crippen molar-refractivity contribution in [3.63, 3.8) is 0 Å². The molecular formula is C8H13OS. The van der Waals surface area contributed by atoms with Crippen molar-refractivity contribution < 1.29 is 4.79 Å². The predicted octanol–water partition coefficient (Wildman–Crippen LogP) is 2.02. The van der Waals surface area contributed by atoms with Crippen molar-refractivity contribution in [2.75, 3.05) is 6.26 Å². The molecule has 0 saturated heterocycles. The second-order valence-corrected chi connectivity index (χ2v) is 3.97. The Morgan fingerprint density at radius 2 is 1.90 bits per heavy atom. The Hall–Kier alpha value is 0.0200. The first-order valence-electron chi connectivity index (χ1n) is 3.77. The van der Waals surface area contributed by atoms with Crippen molar-refractivity contribution in [2.45, 2.75) is 30.9 Å². The molecule has 0 atom stereocenters. The maximum Gasteiger partial charge on any atom is 0.201 e. The molecule has 0 unspecified atom stereocenters. The number of rotatable bonds is 2. The van der Waals surface area contributed by atoms with E-state index in [-0.39, 0.29) is 5.92 Å². The van der Waals surface area contributed by atoms with Crippen molar-refractivity contribution in [2.24, 2.45) is 5.92 Å². The maximum atomic E-state index is 10.2. The van der Waals surface area contributed by atoms with Crippen molar-refractivity contribution in [3.05, 3.63) is 0 Å². The molecule has 2 heteroatoms. The zero-order chi connectivity index (χ0) is 7.40. The van der Waals surface area contributed by atoms with E-state index in [4.69, 9.17) is 0 Å². The lowest BCUT2D eigenvalue weighted by Gasteiger charge is -2.22. The van der Waals surface area contributed by atoms with Crippen LogP contribution >= 0.6 is 11.8 Å². The van der Waals surface area contributed by atoms with Crippen LogP contribution in [0.15, 0.2) is 0 Å². The number of carbonyl (C=O) groups excluding carboxylic acids is 1. The van der Waals surface area contributed by atoms with Gasteiger partial charge < -0.3 is 0 Å². The van der Waals surface area contributed by atoms with Crippen molar-refractivity contribution in [1.29, 1.82) is 0 Å². The summed E-state index contributed by atoms with van der Waals surface area (Å²) < 4.78 is 0. The van der Waals surface area contributed by atoms with Crippen LogP contribution in [0.5, 0.6) is 0 Å². The lowest BCUT2D eigenvalue weighted by Crippen LogP contribution is -2.16. The Kier molecular flexibility index (Phi) is 3.26. The number of thioether (sulfide) groups is 1. The highest BCUT2D eigenvalue weighted by Crippen LogP contribution is 2.29. The van der Waals surface area contributed by atoms with E-state index in [0.717, 1.165) is 18.1 Å². The van der Waals surface area contributed by atoms with Gasteiger partial charge >= 0.3 is 0 Å². The summed E-state index contributed by atoms with van der Waals surface area (Å²) in [6.07, 6.45) is 8.79. The van der Waals surface area contributed by atoms with Crippen LogP contribution in [-0.2, 0) is 4.79 Å². The second kappa shape index (κ2) is 4.02. The molecule has 57 valence electrons. The molecule has 0 aromatic rings. The van der Waals surface area contributed by atoms with Gasteiger partial charge in [0.05, 0.1) is 0 Å². The summed E-state index contributed by atoms with van der Waals surface area (Å²) in [6.45, 7) is 0. The van der Waals surface area contributed by atoms with Gasteiger partial charge in [-0.2, -0.15) is 11.8 Å². The Morgan fingerprint density at radius 3 is 2.30 bits per heavy atom. The molecule has 0 aliphatic heterocycles. The van der Waals surface area contributed by atoms with Gasteiger partial charge in [-0.1, -0.05) is 0 Å². The molecule has 1 rings (SSSR count). The molecule has 1 saturated carbocycles. The Labute approximate surface area is 66.6 Å². The van der Waals surface area contributed by atoms with Gasteiger partial charge in [-0.15, -0.1) is 0 Å². The third kappa shape index (κ3) is 2.01. The van der Waals surface area contributed by atoms with E-state index in [1.54, 1.807) is 0 Å². The van der Waals surface area contributed by atoms with Gasteiger partial charge in [0.2, 0.25) is 6.29 Å². The summed E-state index contributed by atoms with van der Waals surface area (Å²) in [5.41, 5.74) is 0. The van der Waals surface area contributed by atoms with Crippen LogP contribution in [0.25, 0.3) is 0 Å². The van der Waals surface area contributed by atoms with Gasteiger partial charge in [-0.3, -0.25) is 4.79 Å². The van der Waals surface area contributed by atoms with Gasteiger partial charge in [0.25, 0.3) is 0 Å². The summed E-state index contributed by atoms with van der Waals surface area (Å²) in [7, 11) is 0. The highest BCUT2D eigenvalue weighted by Gasteiger charge is 2.19. The van der Waals surface area contributed by atoms with Crippen LogP contribution < -0.4 is 0 Å². The van der Waals surface area contributed by atoms with Gasteiger partial charge in [-0.05, 0) is 31.9 Å². The lowest BCUT2D eigenvalue weighted by atomic mass is 9.90. The van der Waals surface area contributed by atoms with Crippen molar-refractivity contribution >= 4 is 18.0 Å². The van der Waals surface area contributed by atoms with E-state index < -0.39 is 0 Å². The summed E-state index contributed by atoms with van der Waals surface area (Å²) >= 11 is 1.93. The molecule has 1 nitrogen and oxygen atoms in total. The monoisotopic (exact) mass is 157 g/mol. The molecule has 1 fully saturated rings. The molecule has 1 aliphatic rings. The first-order chi connectivity index (χ1) is 4.86. The molecular weight excluding hydrogens is 144 g/mol. The van der Waals surface area contributed by atoms with E-state index in [0.29, 0.717) is 0 Å². The largest absolute Gasteiger partial charge is 0.291 e. The molecule has 0 N–H and O–H groups in total. The smallest absolute Gasteiger partial charge is 0.201 e. The lowest BCUT2D eigenvalue weighted by molar-refractivity contribution is 0.422. The third-order valence-corrected chi connectivity index (χ3v) is 3.31. The summed E-state index contributed by atoms with van der Waals surface area (Å²) in [5.74, 6) is 0.253. The van der Waals surface area contributed by atoms with E-state index in [9.17, 15) is 4.79 Å². The SMILES string of the molecule is CSC1CCC([C]=O)CC1. The van der Waals surface area contributed by atoms with Gasteiger partial charge in [0, 0.05) is 11.2 Å². The van der Waals surface area contributed by atoms with Crippen molar-refractivity contribution in [1.82, 2.24) is 0 Å². The third-order valence-electron chi connectivity index (χ3n) is 2.17. The summed E-state index contributed by atoms with van der Waals surface area (Å²) in [6, 6.07) is 0. The molecule has 0 heterocycles. The second-order valence-electron chi connectivity index (χ2n) is 2.83. The van der Waals surface area contributed by atoms with E-state index >= 15 is 0 Å². The molecule has 1 aliphatic carbocycles. The quantitative estimate of drug-likeness (QED) is 0.610. The molecule has 0 aromatic carbocycles. The molecule has 0 bridgehead atoms. The average Bonchev–Trinajstić information content (AvgIpc) is 2.05. The van der Waals surface area contributed by atoms with Gasteiger partial charge in [-0.25, -0.2) is 0 Å². The zero-order valence-corrected chi connectivity index (χ0v) is 7.12. The topological polar surface area (TPSA) is 17.1 Å². The highest BCUT2D eigenvalue weighted by molar-refractivity contribution is 7.99. The van der Waals surface area contributed by atoms with E-state index in [1.165, 1.54) is 12.8 Å². The molecule has 10 heavy (non-hydrogen) atoms. The van der Waals surface area contributed by atoms with Crippen LogP contribution in [0.4, 0.5) is 0 Å². The van der Waals surface area contributed by atoms with Crippen LogP contribution in [0.1, 0.15) is 25.7 Å². The Morgan fingerprint density at radius 1 is 1.30 bits per heavy atom. The Bertz CT molecular complexity index is 106. The first kappa shape index (κ1) is 8.12. The summed E-state index contributed by atoms with van der Waals surface area (Å²) in [5, 5.41) is 0.810. The standard InChI is InChI=1S/C8H13OS/c1-10-8-4-2-7(6-9)3-5-8/h7-8H,2-5H2,1H3. The molecule has 0 spiro atoms. The molecule has 0 aromatic heterocycles. The molecule has 1 radical (unpaired) electrons. The fraction of sp³-hybridized carbons (Fsp3) is 0.875. The minimum Gasteiger partial charge on any atom is -0.291 e. The van der Waals surface area contributed by atoms with Gasteiger partial charge in [0.15, 0.2) is 0 Å². The minimum absolute atomic E-state index is 0.253. The highest BCUT2D eigenvalue weighted by atomic mass is 32.2.